The highest BCUT2D eigenvalue weighted by atomic mass is 35.5. The topological polar surface area (TPSA) is 117 Å². The lowest BCUT2D eigenvalue weighted by Gasteiger charge is -2.13. The van der Waals surface area contributed by atoms with Crippen LogP contribution in [0.15, 0.2) is 46.1 Å². The van der Waals surface area contributed by atoms with Crippen molar-refractivity contribution < 1.29 is 5.11 Å². The molecular weight excluding hydrogens is 417 g/mol. The number of benzene rings is 2. The van der Waals surface area contributed by atoms with Gasteiger partial charge in [0.05, 0.1) is 26.9 Å². The van der Waals surface area contributed by atoms with E-state index in [0.29, 0.717) is 11.3 Å². The van der Waals surface area contributed by atoms with Gasteiger partial charge in [-0.2, -0.15) is 9.94 Å². The molecule has 0 fully saturated rings. The lowest BCUT2D eigenvalue weighted by molar-refractivity contribution is 0.472. The van der Waals surface area contributed by atoms with E-state index in [1.54, 1.807) is 35.9 Å². The van der Waals surface area contributed by atoms with Crippen LogP contribution in [0.4, 0.5) is 0 Å². The first-order chi connectivity index (χ1) is 13.8. The Morgan fingerprint density at radius 1 is 1.17 bits per heavy atom. The lowest BCUT2D eigenvalue weighted by atomic mass is 10.1. The Bertz CT molecular complexity index is 1440. The highest BCUT2D eigenvalue weighted by Crippen LogP contribution is 2.35. The number of phenolic OH excluding ortho intramolecular Hbond substituents is 1. The maximum atomic E-state index is 12.1. The van der Waals surface area contributed by atoms with Gasteiger partial charge in [-0.3, -0.25) is 9.78 Å². The van der Waals surface area contributed by atoms with Crippen molar-refractivity contribution in [3.63, 3.8) is 0 Å². The van der Waals surface area contributed by atoms with Gasteiger partial charge in [-0.05, 0) is 42.8 Å². The second-order valence-corrected chi connectivity index (χ2v) is 7.09. The average molecular weight is 428 g/mol. The smallest absolute Gasteiger partial charge is 0.349 e. The normalized spacial score (nSPS) is 11.0. The number of hydrogen-bond donors (Lipinski definition) is 2. The quantitative estimate of drug-likeness (QED) is 0.509. The van der Waals surface area contributed by atoms with Crippen LogP contribution in [0.1, 0.15) is 11.3 Å². The van der Waals surface area contributed by atoms with E-state index in [-0.39, 0.29) is 21.5 Å². The Hall–Kier alpha value is -3.54. The molecule has 0 saturated heterocycles. The number of fused-ring (bicyclic) bond motifs is 1. The number of hydrogen-bond acceptors (Lipinski definition) is 5. The Morgan fingerprint density at radius 2 is 1.86 bits per heavy atom. The summed E-state index contributed by atoms with van der Waals surface area (Å²) in [5.74, 6) is 0.180. The van der Waals surface area contributed by atoms with Gasteiger partial charge in [-0.25, -0.2) is 4.79 Å². The number of aromatic hydroxyl groups is 1. The minimum absolute atomic E-state index is 0.180. The molecule has 2 aromatic carbocycles. The molecule has 0 spiro atoms. The van der Waals surface area contributed by atoms with E-state index in [9.17, 15) is 14.7 Å². The molecule has 0 aliphatic carbocycles. The molecule has 2 N–H and O–H groups in total. The van der Waals surface area contributed by atoms with E-state index in [1.165, 1.54) is 12.1 Å². The van der Waals surface area contributed by atoms with Crippen LogP contribution in [-0.2, 0) is 0 Å². The molecule has 8 nitrogen and oxygen atoms in total. The Kier molecular flexibility index (Phi) is 4.42. The summed E-state index contributed by atoms with van der Waals surface area (Å²) in [5, 5.41) is 23.9. The lowest BCUT2D eigenvalue weighted by Crippen LogP contribution is -2.33. The molecule has 0 radical (unpaired) electrons. The number of halogens is 2. The summed E-state index contributed by atoms with van der Waals surface area (Å²) in [5.41, 5.74) is -0.0433. The van der Waals surface area contributed by atoms with Crippen LogP contribution in [0.5, 0.6) is 5.75 Å². The van der Waals surface area contributed by atoms with Gasteiger partial charge in [0.2, 0.25) is 5.69 Å². The van der Waals surface area contributed by atoms with Gasteiger partial charge in [0, 0.05) is 11.6 Å². The highest BCUT2D eigenvalue weighted by molar-refractivity contribution is 6.38. The molecule has 29 heavy (non-hydrogen) atoms. The molecule has 144 valence electrons. The number of nitrogens with one attached hydrogen (secondary N) is 1. The van der Waals surface area contributed by atoms with Crippen molar-refractivity contribution in [1.82, 2.24) is 19.3 Å². The van der Waals surface area contributed by atoms with Crippen molar-refractivity contribution in [3.05, 3.63) is 78.7 Å². The van der Waals surface area contributed by atoms with Gasteiger partial charge in [-0.1, -0.05) is 23.2 Å². The highest BCUT2D eigenvalue weighted by Gasteiger charge is 2.16. The van der Waals surface area contributed by atoms with E-state index < -0.39 is 16.9 Å². The number of nitriles is 1. The zero-order chi connectivity index (χ0) is 20.9. The molecule has 0 amide bonds. The van der Waals surface area contributed by atoms with Gasteiger partial charge >= 0.3 is 5.69 Å². The number of aromatic nitrogens is 4. The molecule has 4 aromatic rings. The zero-order valence-corrected chi connectivity index (χ0v) is 16.3. The average Bonchev–Trinajstić information content (AvgIpc) is 3.04. The second kappa shape index (κ2) is 6.81. The van der Waals surface area contributed by atoms with Crippen molar-refractivity contribution in [2.45, 2.75) is 6.92 Å². The van der Waals surface area contributed by atoms with Gasteiger partial charge in [0.1, 0.15) is 11.8 Å². The third-order valence-electron chi connectivity index (χ3n) is 4.43. The minimum atomic E-state index is -0.875. The zero-order valence-electron chi connectivity index (χ0n) is 14.8. The van der Waals surface area contributed by atoms with E-state index >= 15 is 0 Å². The van der Waals surface area contributed by atoms with Gasteiger partial charge < -0.3 is 9.67 Å². The standard InChI is InChI=1S/C19H11Cl2N5O3/c1-9-4-15-10(5-16(9)27)2-3-25(15)17-12(20)6-11(7-13(17)21)26-19(29)23-18(28)14(8-22)24-26/h2-7,27H,1H3,(H,23,28,29). The fourth-order valence-electron chi connectivity index (χ4n) is 3.02. The maximum absolute atomic E-state index is 12.1. The molecule has 0 bridgehead atoms. The molecule has 2 heterocycles. The Balaban J connectivity index is 1.93. The van der Waals surface area contributed by atoms with Crippen LogP contribution in [0.2, 0.25) is 10.0 Å². The molecule has 2 aromatic heterocycles. The van der Waals surface area contributed by atoms with Crippen LogP contribution in [0.3, 0.4) is 0 Å². The number of nitrogens with zero attached hydrogens (tertiary/aromatic N) is 4. The first-order valence-corrected chi connectivity index (χ1v) is 9.00. The van der Waals surface area contributed by atoms with E-state index in [4.69, 9.17) is 28.5 Å². The number of phenols is 1. The van der Waals surface area contributed by atoms with Crippen molar-refractivity contribution in [2.75, 3.05) is 0 Å². The molecule has 4 rings (SSSR count). The molecule has 0 aliphatic rings. The fraction of sp³-hybridized carbons (Fsp3) is 0.0526. The number of H-pyrrole nitrogens is 1. The van der Waals surface area contributed by atoms with Gasteiger partial charge in [0.15, 0.2) is 0 Å². The summed E-state index contributed by atoms with van der Waals surface area (Å²) in [6.07, 6.45) is 1.76. The van der Waals surface area contributed by atoms with Gasteiger partial charge in [0.25, 0.3) is 5.56 Å². The summed E-state index contributed by atoms with van der Waals surface area (Å²) < 4.78 is 2.61. The van der Waals surface area contributed by atoms with Crippen LogP contribution < -0.4 is 11.2 Å². The van der Waals surface area contributed by atoms with Crippen molar-refractivity contribution in [2.24, 2.45) is 0 Å². The first kappa shape index (κ1) is 18.8. The Morgan fingerprint density at radius 3 is 2.52 bits per heavy atom. The van der Waals surface area contributed by atoms with Crippen LogP contribution in [0, 0.1) is 18.3 Å². The van der Waals surface area contributed by atoms with Crippen LogP contribution in [-0.4, -0.2) is 24.4 Å². The summed E-state index contributed by atoms with van der Waals surface area (Å²) >= 11 is 12.9. The second-order valence-electron chi connectivity index (χ2n) is 6.27. The summed E-state index contributed by atoms with van der Waals surface area (Å²) in [6, 6.07) is 9.78. The predicted octanol–water partition coefficient (Wildman–Crippen LogP) is 3.06. The van der Waals surface area contributed by atoms with Crippen molar-refractivity contribution >= 4 is 34.1 Å². The van der Waals surface area contributed by atoms with Crippen molar-refractivity contribution in [3.8, 4) is 23.2 Å². The van der Waals surface area contributed by atoms with Crippen LogP contribution in [0.25, 0.3) is 22.3 Å². The first-order valence-electron chi connectivity index (χ1n) is 8.24. The summed E-state index contributed by atoms with van der Waals surface area (Å²) in [4.78, 5) is 25.7. The molecular formula is C19H11Cl2N5O3. The van der Waals surface area contributed by atoms with Gasteiger partial charge in [-0.15, -0.1) is 5.10 Å². The fourth-order valence-corrected chi connectivity index (χ4v) is 3.68. The van der Waals surface area contributed by atoms with E-state index in [2.05, 4.69) is 5.10 Å². The monoisotopic (exact) mass is 427 g/mol. The third-order valence-corrected chi connectivity index (χ3v) is 5.01. The van der Waals surface area contributed by atoms with Crippen molar-refractivity contribution in [1.29, 1.82) is 5.26 Å². The minimum Gasteiger partial charge on any atom is -0.508 e. The molecule has 0 aliphatic heterocycles. The molecule has 0 atom stereocenters. The van der Waals surface area contributed by atoms with Crippen LogP contribution >= 0.6 is 23.2 Å². The maximum Gasteiger partial charge on any atom is 0.349 e. The van der Waals surface area contributed by atoms with E-state index in [1.807, 2.05) is 11.1 Å². The predicted molar refractivity (Wildman–Crippen MR) is 108 cm³/mol. The van der Waals surface area contributed by atoms with E-state index in [0.717, 1.165) is 15.6 Å². The summed E-state index contributed by atoms with van der Waals surface area (Å²) in [7, 11) is 0. The SMILES string of the molecule is Cc1cc2c(ccn2-c2c(Cl)cc(-n3nc(C#N)c(=O)[nH]c3=O)cc2Cl)cc1O. The molecule has 0 unspecified atom stereocenters. The molecule has 10 heteroatoms. The number of aryl methyl sites for hydroxylation is 1. The number of rotatable bonds is 2. The number of aromatic amines is 1. The third kappa shape index (κ3) is 3.06. The Labute approximate surface area is 172 Å². The molecule has 0 saturated carbocycles. The largest absolute Gasteiger partial charge is 0.508 e. The summed E-state index contributed by atoms with van der Waals surface area (Å²) in [6.45, 7) is 1.78.